The molecule has 1 unspecified atom stereocenters. The second-order valence-electron chi connectivity index (χ2n) is 4.73. The Labute approximate surface area is 124 Å². The minimum Gasteiger partial charge on any atom is -0.497 e. The maximum Gasteiger partial charge on any atom is 0.128 e. The molecule has 112 valence electrons. The summed E-state index contributed by atoms with van der Waals surface area (Å²) in [5.41, 5.74) is 1.56. The SMILES string of the molecule is CNCC(OCc1ccccc1F)c1cccc(OC)c1. The lowest BCUT2D eigenvalue weighted by molar-refractivity contribution is 0.0394. The van der Waals surface area contributed by atoms with Crippen LogP contribution >= 0.6 is 0 Å². The van der Waals surface area contributed by atoms with Gasteiger partial charge in [-0.05, 0) is 30.8 Å². The molecule has 0 saturated heterocycles. The van der Waals surface area contributed by atoms with Gasteiger partial charge in [-0.1, -0.05) is 30.3 Å². The van der Waals surface area contributed by atoms with Crippen molar-refractivity contribution in [1.29, 1.82) is 0 Å². The molecule has 4 heteroatoms. The highest BCUT2D eigenvalue weighted by atomic mass is 19.1. The molecule has 0 aliphatic rings. The number of nitrogens with one attached hydrogen (secondary N) is 1. The summed E-state index contributed by atoms with van der Waals surface area (Å²) in [6.07, 6.45) is -0.162. The Morgan fingerprint density at radius 1 is 1.14 bits per heavy atom. The molecule has 0 fully saturated rings. The van der Waals surface area contributed by atoms with Gasteiger partial charge < -0.3 is 14.8 Å². The van der Waals surface area contributed by atoms with Crippen molar-refractivity contribution < 1.29 is 13.9 Å². The van der Waals surface area contributed by atoms with Crippen molar-refractivity contribution in [3.63, 3.8) is 0 Å². The highest BCUT2D eigenvalue weighted by Crippen LogP contribution is 2.23. The molecule has 0 aromatic heterocycles. The fraction of sp³-hybridized carbons (Fsp3) is 0.294. The Hall–Kier alpha value is -1.91. The number of likely N-dealkylation sites (N-methyl/N-ethyl adjacent to an activating group) is 1. The highest BCUT2D eigenvalue weighted by Gasteiger charge is 2.13. The average Bonchev–Trinajstić information content (AvgIpc) is 2.53. The van der Waals surface area contributed by atoms with Gasteiger partial charge in [0.15, 0.2) is 0 Å². The van der Waals surface area contributed by atoms with Gasteiger partial charge in [-0.15, -0.1) is 0 Å². The summed E-state index contributed by atoms with van der Waals surface area (Å²) in [5, 5.41) is 3.10. The van der Waals surface area contributed by atoms with E-state index in [-0.39, 0.29) is 18.5 Å². The third-order valence-electron chi connectivity index (χ3n) is 3.25. The number of rotatable bonds is 7. The van der Waals surface area contributed by atoms with E-state index in [2.05, 4.69) is 5.32 Å². The summed E-state index contributed by atoms with van der Waals surface area (Å²) < 4.78 is 24.7. The number of hydrogen-bond donors (Lipinski definition) is 1. The van der Waals surface area contributed by atoms with Crippen LogP contribution < -0.4 is 10.1 Å². The molecule has 1 N–H and O–H groups in total. The molecule has 0 saturated carbocycles. The van der Waals surface area contributed by atoms with Gasteiger partial charge in [-0.3, -0.25) is 0 Å². The highest BCUT2D eigenvalue weighted by molar-refractivity contribution is 5.30. The van der Waals surface area contributed by atoms with Gasteiger partial charge >= 0.3 is 0 Å². The van der Waals surface area contributed by atoms with Gasteiger partial charge in [0.2, 0.25) is 0 Å². The zero-order valence-corrected chi connectivity index (χ0v) is 12.3. The first-order valence-electron chi connectivity index (χ1n) is 6.88. The molecule has 0 spiro atoms. The molecule has 0 bridgehead atoms. The maximum atomic E-state index is 13.6. The molecule has 0 amide bonds. The van der Waals surface area contributed by atoms with Gasteiger partial charge in [0.25, 0.3) is 0 Å². The fourth-order valence-corrected chi connectivity index (χ4v) is 2.11. The zero-order chi connectivity index (χ0) is 15.1. The summed E-state index contributed by atoms with van der Waals surface area (Å²) in [7, 11) is 3.49. The van der Waals surface area contributed by atoms with Crippen LogP contribution in [0.15, 0.2) is 48.5 Å². The van der Waals surface area contributed by atoms with E-state index in [1.54, 1.807) is 25.3 Å². The van der Waals surface area contributed by atoms with Crippen LogP contribution in [0.5, 0.6) is 5.75 Å². The van der Waals surface area contributed by atoms with Gasteiger partial charge in [0.05, 0.1) is 19.8 Å². The van der Waals surface area contributed by atoms with Crippen molar-refractivity contribution in [2.45, 2.75) is 12.7 Å². The zero-order valence-electron chi connectivity index (χ0n) is 12.3. The summed E-state index contributed by atoms with van der Waals surface area (Å²) >= 11 is 0. The second-order valence-corrected chi connectivity index (χ2v) is 4.73. The molecule has 3 nitrogen and oxygen atoms in total. The first-order chi connectivity index (χ1) is 10.2. The smallest absolute Gasteiger partial charge is 0.128 e. The van der Waals surface area contributed by atoms with Crippen LogP contribution in [0.1, 0.15) is 17.2 Å². The first kappa shape index (κ1) is 15.5. The summed E-state index contributed by atoms with van der Waals surface area (Å²) in [5.74, 6) is 0.537. The van der Waals surface area contributed by atoms with Crippen molar-refractivity contribution in [1.82, 2.24) is 5.32 Å². The predicted octanol–water partition coefficient (Wildman–Crippen LogP) is 3.31. The summed E-state index contributed by atoms with van der Waals surface area (Å²) in [4.78, 5) is 0. The molecule has 0 heterocycles. The minimum atomic E-state index is -0.244. The molecule has 1 atom stereocenters. The Morgan fingerprint density at radius 2 is 1.95 bits per heavy atom. The Balaban J connectivity index is 2.10. The van der Waals surface area contributed by atoms with Crippen LogP contribution in [0.3, 0.4) is 0 Å². The van der Waals surface area contributed by atoms with E-state index in [1.165, 1.54) is 6.07 Å². The number of halogens is 1. The number of ether oxygens (including phenoxy) is 2. The van der Waals surface area contributed by atoms with Crippen molar-refractivity contribution in [3.8, 4) is 5.75 Å². The summed E-state index contributed by atoms with van der Waals surface area (Å²) in [6.45, 7) is 0.873. The van der Waals surface area contributed by atoms with E-state index >= 15 is 0 Å². The number of benzene rings is 2. The normalized spacial score (nSPS) is 12.1. The van der Waals surface area contributed by atoms with E-state index in [9.17, 15) is 4.39 Å². The lowest BCUT2D eigenvalue weighted by atomic mass is 10.1. The van der Waals surface area contributed by atoms with E-state index in [1.807, 2.05) is 31.3 Å². The largest absolute Gasteiger partial charge is 0.497 e. The van der Waals surface area contributed by atoms with Gasteiger partial charge in [0, 0.05) is 12.1 Å². The van der Waals surface area contributed by atoms with Crippen LogP contribution in [0.4, 0.5) is 4.39 Å². The molecule has 0 aliphatic carbocycles. The molecule has 21 heavy (non-hydrogen) atoms. The van der Waals surface area contributed by atoms with E-state index < -0.39 is 0 Å². The standard InChI is InChI=1S/C17H20FNO2/c1-19-11-17(13-7-5-8-15(10-13)20-2)21-12-14-6-3-4-9-16(14)18/h3-10,17,19H,11-12H2,1-2H3. The van der Waals surface area contributed by atoms with Crippen LogP contribution in [-0.2, 0) is 11.3 Å². The second kappa shape index (κ2) is 7.76. The Bertz CT molecular complexity index is 574. The van der Waals surface area contributed by atoms with Crippen molar-refractivity contribution in [3.05, 3.63) is 65.5 Å². The molecular formula is C17H20FNO2. The molecule has 2 aromatic carbocycles. The van der Waals surface area contributed by atoms with E-state index in [0.717, 1.165) is 11.3 Å². The molecule has 2 aromatic rings. The Kier molecular flexibility index (Phi) is 5.72. The first-order valence-corrected chi connectivity index (χ1v) is 6.88. The van der Waals surface area contributed by atoms with Gasteiger partial charge in [0.1, 0.15) is 11.6 Å². The minimum absolute atomic E-state index is 0.162. The van der Waals surface area contributed by atoms with E-state index in [4.69, 9.17) is 9.47 Å². The van der Waals surface area contributed by atoms with Crippen LogP contribution in [-0.4, -0.2) is 20.7 Å². The molecule has 0 aliphatic heterocycles. The van der Waals surface area contributed by atoms with Crippen LogP contribution in [0.25, 0.3) is 0 Å². The van der Waals surface area contributed by atoms with Crippen LogP contribution in [0, 0.1) is 5.82 Å². The lowest BCUT2D eigenvalue weighted by Gasteiger charge is -2.19. The topological polar surface area (TPSA) is 30.5 Å². The Morgan fingerprint density at radius 3 is 2.67 bits per heavy atom. The fourth-order valence-electron chi connectivity index (χ4n) is 2.11. The van der Waals surface area contributed by atoms with Crippen molar-refractivity contribution >= 4 is 0 Å². The predicted molar refractivity (Wildman–Crippen MR) is 80.9 cm³/mol. The summed E-state index contributed by atoms with van der Waals surface area (Å²) in [6, 6.07) is 14.4. The maximum absolute atomic E-state index is 13.6. The van der Waals surface area contributed by atoms with Crippen molar-refractivity contribution in [2.75, 3.05) is 20.7 Å². The van der Waals surface area contributed by atoms with Gasteiger partial charge in [-0.2, -0.15) is 0 Å². The molecular weight excluding hydrogens is 269 g/mol. The third-order valence-corrected chi connectivity index (χ3v) is 3.25. The molecule has 0 radical (unpaired) electrons. The van der Waals surface area contributed by atoms with Crippen molar-refractivity contribution in [2.24, 2.45) is 0 Å². The third kappa shape index (κ3) is 4.28. The average molecular weight is 289 g/mol. The lowest BCUT2D eigenvalue weighted by Crippen LogP contribution is -2.20. The van der Waals surface area contributed by atoms with Gasteiger partial charge in [-0.25, -0.2) is 4.39 Å². The number of methoxy groups -OCH3 is 1. The van der Waals surface area contributed by atoms with E-state index in [0.29, 0.717) is 12.1 Å². The molecule has 2 rings (SSSR count). The number of hydrogen-bond acceptors (Lipinski definition) is 3. The van der Waals surface area contributed by atoms with Crippen LogP contribution in [0.2, 0.25) is 0 Å². The monoisotopic (exact) mass is 289 g/mol. The quantitative estimate of drug-likeness (QED) is 0.848.